The number of pyridine rings is 1. The number of benzene rings is 7. The summed E-state index contributed by atoms with van der Waals surface area (Å²) in [6.07, 6.45) is 1.94. The normalized spacial score (nSPS) is 13.7. The van der Waals surface area contributed by atoms with Gasteiger partial charge in [0.15, 0.2) is 0 Å². The van der Waals surface area contributed by atoms with E-state index in [4.69, 9.17) is 9.72 Å². The van der Waals surface area contributed by atoms with Gasteiger partial charge in [0.2, 0.25) is 0 Å². The Morgan fingerprint density at radius 3 is 1.68 bits per heavy atom. The van der Waals surface area contributed by atoms with Crippen molar-refractivity contribution < 1.29 is 25.8 Å². The first kappa shape index (κ1) is 52.2. The van der Waals surface area contributed by atoms with Crippen molar-refractivity contribution in [2.45, 2.75) is 106 Å². The third-order valence-electron chi connectivity index (χ3n) is 14.8. The minimum absolute atomic E-state index is 0. The molecule has 0 saturated carbocycles. The van der Waals surface area contributed by atoms with Crippen molar-refractivity contribution in [1.82, 2.24) is 9.55 Å². The van der Waals surface area contributed by atoms with Gasteiger partial charge in [-0.15, -0.1) is 53.8 Å². The van der Waals surface area contributed by atoms with E-state index in [9.17, 15) is 0 Å². The molecule has 0 fully saturated rings. The third kappa shape index (κ3) is 9.77. The number of rotatable bonds is 10. The zero-order valence-corrected chi connectivity index (χ0v) is 47.6. The fourth-order valence-corrected chi connectivity index (χ4v) is 10.8. The molecule has 380 valence electrons. The van der Waals surface area contributed by atoms with Gasteiger partial charge in [-0.25, -0.2) is 4.98 Å². The van der Waals surface area contributed by atoms with E-state index < -0.39 is 5.41 Å². The molecule has 1 aliphatic heterocycles. The third-order valence-corrected chi connectivity index (χ3v) is 14.8. The van der Waals surface area contributed by atoms with E-state index in [1.165, 1.54) is 33.6 Å². The molecule has 7 aromatic carbocycles. The molecule has 3 heterocycles. The van der Waals surface area contributed by atoms with Crippen molar-refractivity contribution >= 4 is 33.2 Å². The van der Waals surface area contributed by atoms with Gasteiger partial charge in [-0.3, -0.25) is 0 Å². The minimum Gasteiger partial charge on any atom is -0.509 e. The zero-order valence-electron chi connectivity index (χ0n) is 45.3. The van der Waals surface area contributed by atoms with Gasteiger partial charge in [-0.2, -0.15) is 0 Å². The largest absolute Gasteiger partial charge is 0.509 e. The van der Waals surface area contributed by atoms with Gasteiger partial charge in [0, 0.05) is 77.6 Å². The van der Waals surface area contributed by atoms with Crippen molar-refractivity contribution in [3.8, 4) is 28.4 Å². The Balaban J connectivity index is 0.00000672. The van der Waals surface area contributed by atoms with Crippen LogP contribution in [0.5, 0.6) is 11.5 Å². The van der Waals surface area contributed by atoms with Gasteiger partial charge >= 0.3 is 0 Å². The molecule has 0 N–H and O–H groups in total. The maximum atomic E-state index is 7.31. The summed E-state index contributed by atoms with van der Waals surface area (Å²) in [5.41, 5.74) is 13.4. The molecular formula is C68H69N4OPt-3. The van der Waals surface area contributed by atoms with Gasteiger partial charge in [0.05, 0.1) is 0 Å². The van der Waals surface area contributed by atoms with E-state index in [0.29, 0.717) is 11.5 Å². The van der Waals surface area contributed by atoms with Crippen LogP contribution in [0.25, 0.3) is 38.8 Å². The Morgan fingerprint density at radius 2 is 1.04 bits per heavy atom. The summed E-state index contributed by atoms with van der Waals surface area (Å²) >= 11 is 0. The summed E-state index contributed by atoms with van der Waals surface area (Å²) in [5.74, 6) is 2.01. The molecule has 0 aliphatic carbocycles. The number of allylic oxidation sites excluding steroid dienone is 2. The molecular weight excluding hydrogens is 1080 g/mol. The fourth-order valence-electron chi connectivity index (χ4n) is 10.8. The number of aromatic nitrogens is 2. The molecule has 10 rings (SSSR count). The van der Waals surface area contributed by atoms with Crippen molar-refractivity contribution in [2.24, 2.45) is 10.8 Å². The molecule has 0 unspecified atom stereocenters. The summed E-state index contributed by atoms with van der Waals surface area (Å²) in [6, 6.07) is 68.5. The summed E-state index contributed by atoms with van der Waals surface area (Å²) in [4.78, 5) is 9.89. The number of hydrogen-bond acceptors (Lipinski definition) is 4. The second-order valence-electron chi connectivity index (χ2n) is 23.9. The van der Waals surface area contributed by atoms with Gasteiger partial charge in [0.1, 0.15) is 5.82 Å². The van der Waals surface area contributed by atoms with Crippen LogP contribution in [0.2, 0.25) is 0 Å². The molecule has 0 saturated heterocycles. The monoisotopic (exact) mass is 1150 g/mol. The first-order valence-electron chi connectivity index (χ1n) is 25.8. The molecule has 0 radical (unpaired) electrons. The molecule has 0 atom stereocenters. The van der Waals surface area contributed by atoms with E-state index in [1.54, 1.807) is 0 Å². The van der Waals surface area contributed by atoms with Crippen molar-refractivity contribution in [1.29, 1.82) is 0 Å². The maximum Gasteiger partial charge on any atom is 0.135 e. The first-order chi connectivity index (χ1) is 34.6. The molecule has 1 aliphatic rings. The Labute approximate surface area is 455 Å². The summed E-state index contributed by atoms with van der Waals surface area (Å²) in [5, 5.41) is 2.25. The van der Waals surface area contributed by atoms with Crippen LogP contribution in [0.1, 0.15) is 118 Å². The Hall–Kier alpha value is -6.68. The second kappa shape index (κ2) is 19.5. The van der Waals surface area contributed by atoms with Crippen LogP contribution in [-0.2, 0) is 37.3 Å². The van der Waals surface area contributed by atoms with E-state index in [2.05, 4.69) is 293 Å². The van der Waals surface area contributed by atoms with Gasteiger partial charge in [-0.05, 0) is 74.4 Å². The minimum atomic E-state index is -0.443. The average molecular weight is 1150 g/mol. The van der Waals surface area contributed by atoms with Crippen LogP contribution in [0, 0.1) is 29.6 Å². The number of para-hydroxylation sites is 1. The number of anilines is 2. The first-order valence-corrected chi connectivity index (χ1v) is 25.8. The smallest absolute Gasteiger partial charge is 0.135 e. The van der Waals surface area contributed by atoms with E-state index in [1.807, 2.05) is 6.20 Å². The standard InChI is InChI=1S/C68H69N4O.Pt/c1-64(2,3)50-32-25-33-52(40-50)70-45-71(63(66(7,8)9)62(70)65(4,5)6)53-38-47(46-26-17-14-18-27-46)39-54(42-53)73-55-43-57(68(12,13)49-30-21-16-22-31-49)61-56-34-23-24-35-58(56)72(59(61)44-55)60-41-51(36-37-69-60)67(10,11)48-28-19-15-20-29-48;/h14-41,43,45H,1-13H3;/q-3;. The Morgan fingerprint density at radius 1 is 0.473 bits per heavy atom. The van der Waals surface area contributed by atoms with Crippen LogP contribution < -0.4 is 14.5 Å². The SMILES string of the molecule is CC(C)(C)C1=C(C(C)(C)C)N(c2cccc(C(C)(C)C)c2)[CH-]N1c1[c-]c(Oc2[c-]c3c(c(C(C)(C)c4ccccc4)c2)c2ccccc2n3-c2cc(C(C)(C)c3ccccc3)ccn2)cc(-c2ccccc2)c1.[Pt]. The molecule has 6 heteroatoms. The molecule has 9 aromatic rings. The number of hydrogen-bond donors (Lipinski definition) is 0. The van der Waals surface area contributed by atoms with Crippen LogP contribution >= 0.6 is 0 Å². The van der Waals surface area contributed by atoms with Crippen LogP contribution in [0.4, 0.5) is 11.4 Å². The predicted molar refractivity (Wildman–Crippen MR) is 306 cm³/mol. The van der Waals surface area contributed by atoms with Crippen LogP contribution in [0.3, 0.4) is 0 Å². The maximum absolute atomic E-state index is 7.31. The summed E-state index contributed by atoms with van der Waals surface area (Å²) in [7, 11) is 0. The molecule has 2 aromatic heterocycles. The van der Waals surface area contributed by atoms with Gasteiger partial charge in [0.25, 0.3) is 0 Å². The van der Waals surface area contributed by atoms with E-state index in [-0.39, 0.29) is 42.7 Å². The van der Waals surface area contributed by atoms with E-state index >= 15 is 0 Å². The Kier molecular flexibility index (Phi) is 13.8. The second-order valence-corrected chi connectivity index (χ2v) is 23.9. The fraction of sp³-hybridized carbons (Fsp3) is 0.265. The molecule has 74 heavy (non-hydrogen) atoms. The Bertz CT molecular complexity index is 3510. The number of fused-ring (bicyclic) bond motifs is 3. The topological polar surface area (TPSA) is 33.5 Å². The van der Waals surface area contributed by atoms with Crippen molar-refractivity contribution in [3.63, 3.8) is 0 Å². The summed E-state index contributed by atoms with van der Waals surface area (Å²) < 4.78 is 9.58. The van der Waals surface area contributed by atoms with Crippen LogP contribution in [-0.4, -0.2) is 9.55 Å². The van der Waals surface area contributed by atoms with Gasteiger partial charge < -0.3 is 19.1 Å². The predicted octanol–water partition coefficient (Wildman–Crippen LogP) is 17.9. The van der Waals surface area contributed by atoms with E-state index in [0.717, 1.165) is 55.7 Å². The van der Waals surface area contributed by atoms with Gasteiger partial charge in [-0.1, -0.05) is 222 Å². The molecule has 5 nitrogen and oxygen atoms in total. The van der Waals surface area contributed by atoms with Crippen molar-refractivity contribution in [3.05, 3.63) is 234 Å². The zero-order chi connectivity index (χ0) is 51.7. The quantitative estimate of drug-likeness (QED) is 0.128. The molecule has 0 amide bonds. The molecule has 0 bridgehead atoms. The van der Waals surface area contributed by atoms with Crippen molar-refractivity contribution in [2.75, 3.05) is 9.80 Å². The van der Waals surface area contributed by atoms with Crippen LogP contribution in [0.15, 0.2) is 187 Å². The number of nitrogens with zero attached hydrogens (tertiary/aromatic N) is 4. The molecule has 0 spiro atoms. The summed E-state index contributed by atoms with van der Waals surface area (Å²) in [6.45, 7) is 32.2. The average Bonchev–Trinajstić information content (AvgIpc) is 3.95. The number of ether oxygens (including phenoxy) is 1.